The first-order chi connectivity index (χ1) is 11.9. The molecule has 0 saturated heterocycles. The van der Waals surface area contributed by atoms with Gasteiger partial charge in [-0.15, -0.1) is 0 Å². The highest BCUT2D eigenvalue weighted by Crippen LogP contribution is 2.36. The van der Waals surface area contributed by atoms with Gasteiger partial charge in [-0.05, 0) is 36.6 Å². The van der Waals surface area contributed by atoms with Crippen LogP contribution < -0.4 is 5.32 Å². The van der Waals surface area contributed by atoms with Gasteiger partial charge in [0.25, 0.3) is 0 Å². The van der Waals surface area contributed by atoms with Crippen LogP contribution in [-0.4, -0.2) is 32.2 Å². The van der Waals surface area contributed by atoms with Crippen LogP contribution in [0.5, 0.6) is 0 Å². The molecular formula is C19H22N2O3S. The minimum absolute atomic E-state index is 0.110. The molecule has 2 aromatic carbocycles. The summed E-state index contributed by atoms with van der Waals surface area (Å²) in [4.78, 5) is 12.3. The van der Waals surface area contributed by atoms with Gasteiger partial charge >= 0.3 is 0 Å². The second-order valence-corrected chi connectivity index (χ2v) is 8.16. The smallest absolute Gasteiger partial charge is 0.243 e. The number of hydrogen-bond acceptors (Lipinski definition) is 3. The van der Waals surface area contributed by atoms with Crippen LogP contribution in [0.3, 0.4) is 0 Å². The summed E-state index contributed by atoms with van der Waals surface area (Å²) in [5.74, 6) is -0.175. The molecule has 1 aliphatic heterocycles. The Morgan fingerprint density at radius 2 is 1.84 bits per heavy atom. The Morgan fingerprint density at radius 1 is 1.16 bits per heavy atom. The third-order valence-electron chi connectivity index (χ3n) is 4.65. The Morgan fingerprint density at radius 3 is 2.52 bits per heavy atom. The van der Waals surface area contributed by atoms with E-state index in [9.17, 15) is 13.2 Å². The number of benzene rings is 2. The zero-order valence-corrected chi connectivity index (χ0v) is 15.2. The molecule has 1 N–H and O–H groups in total. The molecule has 1 aliphatic rings. The predicted molar refractivity (Wildman–Crippen MR) is 96.6 cm³/mol. The van der Waals surface area contributed by atoms with Crippen molar-refractivity contribution >= 4 is 15.9 Å². The Kier molecular flexibility index (Phi) is 4.92. The van der Waals surface area contributed by atoms with E-state index >= 15 is 0 Å². The van der Waals surface area contributed by atoms with Crippen molar-refractivity contribution in [2.24, 2.45) is 0 Å². The monoisotopic (exact) mass is 358 g/mol. The number of amides is 1. The van der Waals surface area contributed by atoms with Crippen molar-refractivity contribution in [3.05, 3.63) is 65.2 Å². The van der Waals surface area contributed by atoms with Crippen molar-refractivity contribution in [3.8, 4) is 0 Å². The van der Waals surface area contributed by atoms with E-state index < -0.39 is 16.1 Å². The molecule has 3 rings (SSSR count). The lowest BCUT2D eigenvalue weighted by Crippen LogP contribution is -2.41. The number of nitrogens with zero attached hydrogens (tertiary/aromatic N) is 1. The average molecular weight is 358 g/mol. The number of hydrogen-bond donors (Lipinski definition) is 1. The van der Waals surface area contributed by atoms with E-state index in [1.807, 2.05) is 31.2 Å². The van der Waals surface area contributed by atoms with Gasteiger partial charge in [0.1, 0.15) is 0 Å². The maximum Gasteiger partial charge on any atom is 0.243 e. The van der Waals surface area contributed by atoms with Crippen molar-refractivity contribution < 1.29 is 13.2 Å². The number of rotatable bonds is 4. The first-order valence-electron chi connectivity index (χ1n) is 8.30. The molecule has 1 amide bonds. The fourth-order valence-electron chi connectivity index (χ4n) is 3.25. The minimum atomic E-state index is -3.67. The molecule has 0 aliphatic carbocycles. The molecule has 0 saturated carbocycles. The summed E-state index contributed by atoms with van der Waals surface area (Å²) >= 11 is 0. The van der Waals surface area contributed by atoms with E-state index in [1.165, 1.54) is 4.31 Å². The number of carbonyl (C=O) groups is 1. The van der Waals surface area contributed by atoms with Gasteiger partial charge in [0.05, 0.1) is 10.9 Å². The molecule has 132 valence electrons. The highest BCUT2D eigenvalue weighted by Gasteiger charge is 2.37. The van der Waals surface area contributed by atoms with Crippen LogP contribution in [0.2, 0.25) is 0 Å². The van der Waals surface area contributed by atoms with Gasteiger partial charge in [0.2, 0.25) is 15.9 Å². The summed E-state index contributed by atoms with van der Waals surface area (Å²) < 4.78 is 27.8. The quantitative estimate of drug-likeness (QED) is 0.913. The predicted octanol–water partition coefficient (Wildman–Crippen LogP) is 2.42. The van der Waals surface area contributed by atoms with Crippen LogP contribution in [0.15, 0.2) is 53.4 Å². The van der Waals surface area contributed by atoms with Crippen LogP contribution in [0.4, 0.5) is 0 Å². The van der Waals surface area contributed by atoms with Gasteiger partial charge in [-0.3, -0.25) is 4.79 Å². The van der Waals surface area contributed by atoms with Gasteiger partial charge in [-0.25, -0.2) is 8.42 Å². The number of fused-ring (bicyclic) bond motifs is 1. The first kappa shape index (κ1) is 17.6. The van der Waals surface area contributed by atoms with E-state index in [-0.39, 0.29) is 17.2 Å². The number of nitrogens with one attached hydrogen (secondary N) is 1. The van der Waals surface area contributed by atoms with Crippen LogP contribution in [0.1, 0.15) is 29.2 Å². The van der Waals surface area contributed by atoms with E-state index in [1.54, 1.807) is 31.3 Å². The third-order valence-corrected chi connectivity index (χ3v) is 6.57. The summed E-state index contributed by atoms with van der Waals surface area (Å²) in [5.41, 5.74) is 3.02. The molecule has 5 nitrogen and oxygen atoms in total. The van der Waals surface area contributed by atoms with E-state index in [0.717, 1.165) is 16.7 Å². The summed E-state index contributed by atoms with van der Waals surface area (Å²) in [6.45, 7) is 2.29. The lowest BCUT2D eigenvalue weighted by atomic mass is 9.92. The van der Waals surface area contributed by atoms with E-state index in [2.05, 4.69) is 5.32 Å². The average Bonchev–Trinajstić information content (AvgIpc) is 2.62. The Bertz CT molecular complexity index is 876. The van der Waals surface area contributed by atoms with Crippen molar-refractivity contribution in [2.45, 2.75) is 30.7 Å². The molecule has 0 bridgehead atoms. The molecule has 25 heavy (non-hydrogen) atoms. The Balaban J connectivity index is 2.04. The van der Waals surface area contributed by atoms with Gasteiger partial charge in [-0.2, -0.15) is 4.31 Å². The molecule has 0 radical (unpaired) electrons. The molecule has 6 heteroatoms. The Labute approximate surface area is 148 Å². The van der Waals surface area contributed by atoms with Crippen molar-refractivity contribution in [3.63, 3.8) is 0 Å². The lowest BCUT2D eigenvalue weighted by Gasteiger charge is -2.36. The fourth-order valence-corrected chi connectivity index (χ4v) is 4.86. The first-order valence-corrected chi connectivity index (χ1v) is 9.74. The van der Waals surface area contributed by atoms with E-state index in [4.69, 9.17) is 0 Å². The molecule has 0 spiro atoms. The van der Waals surface area contributed by atoms with Gasteiger partial charge in [-0.1, -0.05) is 42.0 Å². The summed E-state index contributed by atoms with van der Waals surface area (Å²) in [7, 11) is -2.11. The molecule has 0 fully saturated rings. The van der Waals surface area contributed by atoms with Crippen LogP contribution >= 0.6 is 0 Å². The zero-order chi connectivity index (χ0) is 18.0. The normalized spacial score (nSPS) is 17.8. The largest absolute Gasteiger partial charge is 0.359 e. The zero-order valence-electron chi connectivity index (χ0n) is 14.4. The highest BCUT2D eigenvalue weighted by molar-refractivity contribution is 7.89. The molecule has 0 unspecified atom stereocenters. The van der Waals surface area contributed by atoms with Crippen molar-refractivity contribution in [1.29, 1.82) is 0 Å². The number of carbonyl (C=O) groups excluding carboxylic acids is 1. The molecular weight excluding hydrogens is 336 g/mol. The summed E-state index contributed by atoms with van der Waals surface area (Å²) in [6.07, 6.45) is 0.754. The van der Waals surface area contributed by atoms with Crippen LogP contribution in [-0.2, 0) is 21.2 Å². The Hall–Kier alpha value is -2.18. The van der Waals surface area contributed by atoms with Gasteiger partial charge in [0.15, 0.2) is 0 Å². The molecule has 1 atom stereocenters. The van der Waals surface area contributed by atoms with Gasteiger partial charge in [0, 0.05) is 20.0 Å². The molecule has 2 aromatic rings. The second kappa shape index (κ2) is 6.98. The van der Waals surface area contributed by atoms with Crippen LogP contribution in [0, 0.1) is 6.92 Å². The van der Waals surface area contributed by atoms with Crippen molar-refractivity contribution in [2.75, 3.05) is 13.6 Å². The maximum absolute atomic E-state index is 13.2. The van der Waals surface area contributed by atoms with E-state index in [0.29, 0.717) is 13.0 Å². The molecule has 0 aromatic heterocycles. The number of aryl methyl sites for hydroxylation is 1. The molecule has 1 heterocycles. The van der Waals surface area contributed by atoms with Crippen molar-refractivity contribution in [1.82, 2.24) is 9.62 Å². The summed E-state index contributed by atoms with van der Waals surface area (Å²) in [6, 6.07) is 14.1. The van der Waals surface area contributed by atoms with Crippen LogP contribution in [0.25, 0.3) is 0 Å². The minimum Gasteiger partial charge on any atom is -0.359 e. The maximum atomic E-state index is 13.2. The fraction of sp³-hybridized carbons (Fsp3) is 0.316. The standard InChI is InChI=1S/C19H22N2O3S/c1-14-7-9-16(10-8-14)25(23,24)21-12-11-15-5-3-4-6-17(15)18(21)13-19(22)20-2/h3-10,18H,11-13H2,1-2H3,(H,20,22)/t18-/m1/s1. The SMILES string of the molecule is CNC(=O)C[C@@H]1c2ccccc2CCN1S(=O)(=O)c1ccc(C)cc1. The third kappa shape index (κ3) is 3.45. The lowest BCUT2D eigenvalue weighted by molar-refractivity contribution is -0.121. The highest BCUT2D eigenvalue weighted by atomic mass is 32.2. The topological polar surface area (TPSA) is 66.5 Å². The second-order valence-electron chi connectivity index (χ2n) is 6.27. The summed E-state index contributed by atoms with van der Waals surface area (Å²) in [5, 5.41) is 2.60. The van der Waals surface area contributed by atoms with Gasteiger partial charge < -0.3 is 5.32 Å². The number of sulfonamides is 1.